The lowest BCUT2D eigenvalue weighted by atomic mass is 9.85. The molecular formula is C22H20O6. The largest absolute Gasteiger partial charge is 0.496 e. The van der Waals surface area contributed by atoms with Crippen molar-refractivity contribution in [1.29, 1.82) is 0 Å². The molecule has 2 aromatic carbocycles. The molecule has 0 saturated carbocycles. The molecule has 6 heteroatoms. The Bertz CT molecular complexity index is 934. The molecule has 0 radical (unpaired) electrons. The third kappa shape index (κ3) is 1.67. The maximum atomic E-state index is 6.11. The lowest BCUT2D eigenvalue weighted by Crippen LogP contribution is -2.08. The fourth-order valence-corrected chi connectivity index (χ4v) is 5.22. The van der Waals surface area contributed by atoms with E-state index in [1.54, 1.807) is 28.4 Å². The quantitative estimate of drug-likeness (QED) is 0.740. The van der Waals surface area contributed by atoms with Gasteiger partial charge in [0.15, 0.2) is 0 Å². The third-order valence-corrected chi connectivity index (χ3v) is 6.18. The summed E-state index contributed by atoms with van der Waals surface area (Å²) in [5.41, 5.74) is 4.00. The van der Waals surface area contributed by atoms with E-state index >= 15 is 0 Å². The molecule has 6 rings (SSSR count). The molecule has 4 aliphatic heterocycles. The van der Waals surface area contributed by atoms with E-state index in [9.17, 15) is 0 Å². The van der Waals surface area contributed by atoms with Gasteiger partial charge in [-0.2, -0.15) is 0 Å². The van der Waals surface area contributed by atoms with Crippen molar-refractivity contribution in [3.63, 3.8) is 0 Å². The first-order valence-corrected chi connectivity index (χ1v) is 9.30. The van der Waals surface area contributed by atoms with Gasteiger partial charge in [-0.05, 0) is 0 Å². The lowest BCUT2D eigenvalue weighted by molar-refractivity contribution is 0.0860. The molecule has 0 N–H and O–H groups in total. The van der Waals surface area contributed by atoms with Crippen molar-refractivity contribution in [1.82, 2.24) is 0 Å². The number of rotatable bonds is 4. The summed E-state index contributed by atoms with van der Waals surface area (Å²) in [6, 6.07) is 0. The van der Waals surface area contributed by atoms with Crippen LogP contribution >= 0.6 is 0 Å². The van der Waals surface area contributed by atoms with Crippen molar-refractivity contribution in [2.45, 2.75) is 24.4 Å². The normalized spacial score (nSPS) is 27.4. The van der Waals surface area contributed by atoms with Gasteiger partial charge >= 0.3 is 0 Å². The zero-order chi connectivity index (χ0) is 19.2. The summed E-state index contributed by atoms with van der Waals surface area (Å²) in [7, 11) is 6.72. The van der Waals surface area contributed by atoms with Crippen LogP contribution in [0.5, 0.6) is 23.0 Å². The first-order chi connectivity index (χ1) is 13.7. The summed E-state index contributed by atoms with van der Waals surface area (Å²) < 4.78 is 36.0. The van der Waals surface area contributed by atoms with Crippen molar-refractivity contribution in [3.05, 3.63) is 46.6 Å². The van der Waals surface area contributed by atoms with E-state index in [1.807, 2.05) is 0 Å². The smallest absolute Gasteiger partial charge is 0.137 e. The molecule has 144 valence electrons. The Morgan fingerprint density at radius 1 is 0.500 bits per heavy atom. The minimum atomic E-state index is -0.148. The Balaban J connectivity index is 1.85. The van der Waals surface area contributed by atoms with Crippen LogP contribution in [-0.4, -0.2) is 28.4 Å². The summed E-state index contributed by atoms with van der Waals surface area (Å²) in [6.07, 6.45) is 7.65. The summed E-state index contributed by atoms with van der Waals surface area (Å²) in [6.45, 7) is 0. The van der Waals surface area contributed by atoms with Gasteiger partial charge in [-0.3, -0.25) is 0 Å². The first-order valence-electron chi connectivity index (χ1n) is 9.30. The van der Waals surface area contributed by atoms with Crippen LogP contribution in [0.4, 0.5) is 0 Å². The SMILES string of the molecule is COc1c2c(c(OC)c3c(OC)c4c(c(OC)c13)C1C=CC4O1)C1C=CC2O1. The highest BCUT2D eigenvalue weighted by molar-refractivity contribution is 6.07. The molecule has 0 saturated heterocycles. The number of hydrogen-bond donors (Lipinski definition) is 0. The van der Waals surface area contributed by atoms with Crippen LogP contribution in [0.25, 0.3) is 10.8 Å². The molecule has 0 fully saturated rings. The van der Waals surface area contributed by atoms with Gasteiger partial charge in [-0.1, -0.05) is 24.3 Å². The number of hydrogen-bond acceptors (Lipinski definition) is 6. The van der Waals surface area contributed by atoms with Gasteiger partial charge in [0.2, 0.25) is 0 Å². The Labute approximate surface area is 162 Å². The Morgan fingerprint density at radius 2 is 0.750 bits per heavy atom. The second-order valence-corrected chi connectivity index (χ2v) is 7.26. The maximum absolute atomic E-state index is 6.11. The van der Waals surface area contributed by atoms with Gasteiger partial charge in [0.25, 0.3) is 0 Å². The zero-order valence-corrected chi connectivity index (χ0v) is 16.1. The van der Waals surface area contributed by atoms with E-state index in [1.165, 1.54) is 0 Å². The van der Waals surface area contributed by atoms with Gasteiger partial charge in [-0.15, -0.1) is 0 Å². The Morgan fingerprint density at radius 3 is 0.964 bits per heavy atom. The highest BCUT2D eigenvalue weighted by Crippen LogP contribution is 2.64. The van der Waals surface area contributed by atoms with Gasteiger partial charge in [0.1, 0.15) is 47.4 Å². The zero-order valence-electron chi connectivity index (χ0n) is 16.1. The fourth-order valence-electron chi connectivity index (χ4n) is 5.22. The standard InChI is InChI=1S/C22H20O6/c1-23-19-13-9-5-6-10(27-9)14(13)21(25-3)18-17(19)20(24-2)15-11-7-8-12(28-11)16(15)22(18)26-4/h5-12H,1-4H3. The summed E-state index contributed by atoms with van der Waals surface area (Å²) in [5, 5.41) is 1.68. The van der Waals surface area contributed by atoms with Crippen LogP contribution in [0.1, 0.15) is 46.7 Å². The van der Waals surface area contributed by atoms with E-state index in [0.29, 0.717) is 0 Å². The molecular weight excluding hydrogens is 360 g/mol. The highest BCUT2D eigenvalue weighted by Gasteiger charge is 2.46. The molecule has 0 aromatic heterocycles. The van der Waals surface area contributed by atoms with Gasteiger partial charge in [-0.25, -0.2) is 0 Å². The van der Waals surface area contributed by atoms with Crippen molar-refractivity contribution < 1.29 is 28.4 Å². The maximum Gasteiger partial charge on any atom is 0.137 e. The Hall–Kier alpha value is -2.70. The van der Waals surface area contributed by atoms with E-state index in [0.717, 1.165) is 56.0 Å². The van der Waals surface area contributed by atoms with Crippen LogP contribution in [0.3, 0.4) is 0 Å². The molecule has 28 heavy (non-hydrogen) atoms. The Kier molecular flexibility index (Phi) is 3.15. The molecule has 4 unspecified atom stereocenters. The summed E-state index contributed by atoms with van der Waals surface area (Å²) >= 11 is 0. The van der Waals surface area contributed by atoms with Crippen molar-refractivity contribution in [2.75, 3.05) is 28.4 Å². The molecule has 0 spiro atoms. The second-order valence-electron chi connectivity index (χ2n) is 7.26. The number of ether oxygens (including phenoxy) is 6. The van der Waals surface area contributed by atoms with E-state index in [-0.39, 0.29) is 24.4 Å². The molecule has 6 nitrogen and oxygen atoms in total. The molecule has 0 aliphatic carbocycles. The van der Waals surface area contributed by atoms with Crippen LogP contribution in [0, 0.1) is 0 Å². The van der Waals surface area contributed by atoms with Crippen molar-refractivity contribution in [3.8, 4) is 23.0 Å². The number of fused-ring (bicyclic) bond motifs is 11. The topological polar surface area (TPSA) is 55.4 Å². The second kappa shape index (κ2) is 5.43. The number of benzene rings is 2. The first kappa shape index (κ1) is 16.3. The predicted molar refractivity (Wildman–Crippen MR) is 102 cm³/mol. The van der Waals surface area contributed by atoms with Crippen LogP contribution in [-0.2, 0) is 9.47 Å². The minimum absolute atomic E-state index is 0.148. The van der Waals surface area contributed by atoms with Crippen molar-refractivity contribution >= 4 is 10.8 Å². The van der Waals surface area contributed by atoms with Crippen molar-refractivity contribution in [2.24, 2.45) is 0 Å². The van der Waals surface area contributed by atoms with Crippen LogP contribution in [0.15, 0.2) is 24.3 Å². The monoisotopic (exact) mass is 380 g/mol. The average Bonchev–Trinajstić information content (AvgIpc) is 3.51. The van der Waals surface area contributed by atoms with E-state index < -0.39 is 0 Å². The van der Waals surface area contributed by atoms with Gasteiger partial charge in [0.05, 0.1) is 39.2 Å². The molecule has 4 heterocycles. The van der Waals surface area contributed by atoms with Crippen LogP contribution < -0.4 is 18.9 Å². The molecule has 2 aromatic rings. The van der Waals surface area contributed by atoms with Gasteiger partial charge in [0, 0.05) is 22.3 Å². The average molecular weight is 380 g/mol. The predicted octanol–water partition coefficient (Wildman–Crippen LogP) is 4.24. The minimum Gasteiger partial charge on any atom is -0.496 e. The molecule has 4 aliphatic rings. The lowest BCUT2D eigenvalue weighted by Gasteiger charge is -2.25. The van der Waals surface area contributed by atoms with Crippen LogP contribution in [0.2, 0.25) is 0 Å². The molecule has 4 bridgehead atoms. The summed E-state index contributed by atoms with van der Waals surface area (Å²) in [4.78, 5) is 0. The summed E-state index contributed by atoms with van der Waals surface area (Å²) in [5.74, 6) is 2.97. The highest BCUT2D eigenvalue weighted by atomic mass is 16.5. The molecule has 0 amide bonds. The number of methoxy groups -OCH3 is 4. The third-order valence-electron chi connectivity index (χ3n) is 6.18. The van der Waals surface area contributed by atoms with E-state index in [2.05, 4.69) is 24.3 Å². The van der Waals surface area contributed by atoms with E-state index in [4.69, 9.17) is 28.4 Å². The van der Waals surface area contributed by atoms with Gasteiger partial charge < -0.3 is 28.4 Å². The fraction of sp³-hybridized carbons (Fsp3) is 0.364. The molecule has 4 atom stereocenters.